The van der Waals surface area contributed by atoms with E-state index in [9.17, 15) is 4.79 Å². The highest BCUT2D eigenvalue weighted by molar-refractivity contribution is 6.32. The van der Waals surface area contributed by atoms with Gasteiger partial charge in [-0.15, -0.1) is 0 Å². The van der Waals surface area contributed by atoms with E-state index in [1.807, 2.05) is 13.8 Å². The summed E-state index contributed by atoms with van der Waals surface area (Å²) in [4.78, 5) is 11.2. The highest BCUT2D eigenvalue weighted by Gasteiger charge is 2.32. The zero-order chi connectivity index (χ0) is 12.5. The van der Waals surface area contributed by atoms with E-state index in [-0.39, 0.29) is 11.1 Å². The van der Waals surface area contributed by atoms with Crippen molar-refractivity contribution in [2.24, 2.45) is 0 Å². The maximum atomic E-state index is 11.2. The Morgan fingerprint density at radius 1 is 1.71 bits per heavy atom. The van der Waals surface area contributed by atoms with Gasteiger partial charge < -0.3 is 14.8 Å². The van der Waals surface area contributed by atoms with Gasteiger partial charge in [0.15, 0.2) is 5.79 Å². The SMILES string of the molecule is CC1(C)OCC(CNc2cn[nH]c(=O)c2Cl)O1. The molecule has 1 aliphatic heterocycles. The second-order valence-electron chi connectivity index (χ2n) is 4.26. The van der Waals surface area contributed by atoms with Gasteiger partial charge in [-0.05, 0) is 13.8 Å². The van der Waals surface area contributed by atoms with Crippen molar-refractivity contribution in [1.29, 1.82) is 0 Å². The van der Waals surface area contributed by atoms with E-state index in [1.54, 1.807) is 0 Å². The molecule has 7 heteroatoms. The van der Waals surface area contributed by atoms with Crippen LogP contribution in [0.25, 0.3) is 0 Å². The third-order valence-electron chi connectivity index (χ3n) is 2.38. The van der Waals surface area contributed by atoms with Gasteiger partial charge in [-0.3, -0.25) is 4.79 Å². The summed E-state index contributed by atoms with van der Waals surface area (Å²) < 4.78 is 11.0. The molecule has 1 aliphatic rings. The average molecular weight is 260 g/mol. The lowest BCUT2D eigenvalue weighted by Crippen LogP contribution is -2.26. The third-order valence-corrected chi connectivity index (χ3v) is 2.76. The standard InChI is InChI=1S/C10H14ClN3O3/c1-10(2)16-5-6(17-10)3-12-7-4-13-14-9(15)8(7)11/h4,6H,3,5H2,1-2H3,(H2,12,14,15). The van der Waals surface area contributed by atoms with E-state index in [1.165, 1.54) is 6.20 Å². The number of aromatic nitrogens is 2. The zero-order valence-corrected chi connectivity index (χ0v) is 10.4. The van der Waals surface area contributed by atoms with Crippen LogP contribution < -0.4 is 10.9 Å². The quantitative estimate of drug-likeness (QED) is 0.847. The maximum absolute atomic E-state index is 11.2. The van der Waals surface area contributed by atoms with Gasteiger partial charge in [0.05, 0.1) is 18.5 Å². The first-order valence-corrected chi connectivity index (χ1v) is 5.64. The summed E-state index contributed by atoms with van der Waals surface area (Å²) in [7, 11) is 0. The lowest BCUT2D eigenvalue weighted by atomic mass is 10.3. The predicted molar refractivity (Wildman–Crippen MR) is 63.3 cm³/mol. The van der Waals surface area contributed by atoms with Crippen molar-refractivity contribution in [3.8, 4) is 0 Å². The summed E-state index contributed by atoms with van der Waals surface area (Å²) >= 11 is 5.82. The van der Waals surface area contributed by atoms with Crippen LogP contribution in [-0.4, -0.2) is 35.2 Å². The molecule has 2 N–H and O–H groups in total. The van der Waals surface area contributed by atoms with Crippen molar-refractivity contribution in [3.05, 3.63) is 21.6 Å². The first-order valence-electron chi connectivity index (χ1n) is 5.27. The van der Waals surface area contributed by atoms with E-state index < -0.39 is 11.3 Å². The average Bonchev–Trinajstić information content (AvgIpc) is 2.61. The first kappa shape index (κ1) is 12.3. The minimum Gasteiger partial charge on any atom is -0.380 e. The molecule has 6 nitrogen and oxygen atoms in total. The number of hydrogen-bond acceptors (Lipinski definition) is 5. The minimum atomic E-state index is -0.553. The highest BCUT2D eigenvalue weighted by atomic mass is 35.5. The maximum Gasteiger partial charge on any atom is 0.285 e. The molecule has 0 spiro atoms. The molecule has 94 valence electrons. The van der Waals surface area contributed by atoms with Crippen molar-refractivity contribution in [1.82, 2.24) is 10.2 Å². The van der Waals surface area contributed by atoms with Crippen LogP contribution in [0.1, 0.15) is 13.8 Å². The Morgan fingerprint density at radius 2 is 2.47 bits per heavy atom. The number of aromatic amines is 1. The number of rotatable bonds is 3. The molecule has 0 radical (unpaired) electrons. The lowest BCUT2D eigenvalue weighted by Gasteiger charge is -2.17. The molecule has 2 heterocycles. The molecule has 0 aliphatic carbocycles. The van der Waals surface area contributed by atoms with Gasteiger partial charge in [-0.2, -0.15) is 5.10 Å². The zero-order valence-electron chi connectivity index (χ0n) is 9.62. The van der Waals surface area contributed by atoms with Gasteiger partial charge in [0.2, 0.25) is 0 Å². The molecular formula is C10H14ClN3O3. The Kier molecular flexibility index (Phi) is 3.37. The van der Waals surface area contributed by atoms with E-state index >= 15 is 0 Å². The third kappa shape index (κ3) is 2.96. The number of H-pyrrole nitrogens is 1. The van der Waals surface area contributed by atoms with Gasteiger partial charge in [0.25, 0.3) is 5.56 Å². The van der Waals surface area contributed by atoms with Crippen molar-refractivity contribution in [2.45, 2.75) is 25.7 Å². The number of nitrogens with one attached hydrogen (secondary N) is 2. The summed E-state index contributed by atoms with van der Waals surface area (Å²) in [5.74, 6) is -0.553. The first-order chi connectivity index (χ1) is 7.98. The topological polar surface area (TPSA) is 76.2 Å². The molecule has 1 fully saturated rings. The van der Waals surface area contributed by atoms with Crippen LogP contribution in [0.3, 0.4) is 0 Å². The molecule has 0 amide bonds. The summed E-state index contributed by atoms with van der Waals surface area (Å²) in [5, 5.41) is 9.02. The second-order valence-corrected chi connectivity index (χ2v) is 4.64. The molecule has 17 heavy (non-hydrogen) atoms. The van der Waals surface area contributed by atoms with Crippen molar-refractivity contribution < 1.29 is 9.47 Å². The number of anilines is 1. The van der Waals surface area contributed by atoms with E-state index in [0.29, 0.717) is 18.8 Å². The normalized spacial score (nSPS) is 22.6. The van der Waals surface area contributed by atoms with Crippen LogP contribution in [0.5, 0.6) is 0 Å². The fourth-order valence-corrected chi connectivity index (χ4v) is 1.75. The summed E-state index contributed by atoms with van der Waals surface area (Å²) in [6.45, 7) is 4.73. The van der Waals surface area contributed by atoms with Gasteiger partial charge in [0.1, 0.15) is 11.1 Å². The smallest absolute Gasteiger partial charge is 0.285 e. The molecule has 1 aromatic heterocycles. The van der Waals surface area contributed by atoms with Crippen molar-refractivity contribution >= 4 is 17.3 Å². The predicted octanol–water partition coefficient (Wildman–Crippen LogP) is 0.987. The molecular weight excluding hydrogens is 246 g/mol. The Labute approximate surface area is 103 Å². The van der Waals surface area contributed by atoms with E-state index in [2.05, 4.69) is 15.5 Å². The molecule has 1 atom stereocenters. The Morgan fingerprint density at radius 3 is 3.12 bits per heavy atom. The van der Waals surface area contributed by atoms with Gasteiger partial charge in [-0.25, -0.2) is 5.10 Å². The van der Waals surface area contributed by atoms with E-state index in [0.717, 1.165) is 0 Å². The summed E-state index contributed by atoms with van der Waals surface area (Å²) in [5.41, 5.74) is 0.0734. The van der Waals surface area contributed by atoms with Gasteiger partial charge >= 0.3 is 0 Å². The largest absolute Gasteiger partial charge is 0.380 e. The van der Waals surface area contributed by atoms with Crippen molar-refractivity contribution in [2.75, 3.05) is 18.5 Å². The van der Waals surface area contributed by atoms with E-state index in [4.69, 9.17) is 21.1 Å². The van der Waals surface area contributed by atoms with Crippen LogP contribution in [-0.2, 0) is 9.47 Å². The number of ether oxygens (including phenoxy) is 2. The molecule has 1 aromatic rings. The van der Waals surface area contributed by atoms with Crippen LogP contribution in [0.2, 0.25) is 5.02 Å². The van der Waals surface area contributed by atoms with Crippen molar-refractivity contribution in [3.63, 3.8) is 0 Å². The van der Waals surface area contributed by atoms with Crippen LogP contribution >= 0.6 is 11.6 Å². The summed E-state index contributed by atoms with van der Waals surface area (Å²) in [6, 6.07) is 0. The van der Waals surface area contributed by atoms with Crippen LogP contribution in [0, 0.1) is 0 Å². The molecule has 1 unspecified atom stereocenters. The molecule has 0 aromatic carbocycles. The monoisotopic (exact) mass is 259 g/mol. The Balaban J connectivity index is 1.95. The van der Waals surface area contributed by atoms with Gasteiger partial charge in [-0.1, -0.05) is 11.6 Å². The summed E-state index contributed by atoms with van der Waals surface area (Å²) in [6.07, 6.45) is 1.39. The van der Waals surface area contributed by atoms with Gasteiger partial charge in [0, 0.05) is 6.54 Å². The number of hydrogen-bond donors (Lipinski definition) is 2. The molecule has 0 bridgehead atoms. The fraction of sp³-hybridized carbons (Fsp3) is 0.600. The van der Waals surface area contributed by atoms with Crippen LogP contribution in [0.15, 0.2) is 11.0 Å². The number of nitrogens with zero attached hydrogens (tertiary/aromatic N) is 1. The molecule has 2 rings (SSSR count). The number of halogens is 1. The Hall–Kier alpha value is -1.11. The van der Waals surface area contributed by atoms with Crippen LogP contribution in [0.4, 0.5) is 5.69 Å². The highest BCUT2D eigenvalue weighted by Crippen LogP contribution is 2.23. The lowest BCUT2D eigenvalue weighted by molar-refractivity contribution is -0.136. The fourth-order valence-electron chi connectivity index (χ4n) is 1.59. The molecule has 1 saturated heterocycles. The second kappa shape index (κ2) is 4.64. The molecule has 0 saturated carbocycles. The minimum absolute atomic E-state index is 0.0691. The Bertz CT molecular complexity index is 460.